The van der Waals surface area contributed by atoms with Crippen LogP contribution in [0.15, 0.2) is 133 Å². The summed E-state index contributed by atoms with van der Waals surface area (Å²) in [7, 11) is 0. The summed E-state index contributed by atoms with van der Waals surface area (Å²) in [6.07, 6.45) is 6.58. The van der Waals surface area contributed by atoms with Crippen LogP contribution in [0.25, 0.3) is 22.3 Å². The van der Waals surface area contributed by atoms with Crippen molar-refractivity contribution in [2.45, 2.75) is 44.4 Å². The van der Waals surface area contributed by atoms with Gasteiger partial charge in [-0.05, 0) is 98.7 Å². The molecule has 5 aromatic rings. The summed E-state index contributed by atoms with van der Waals surface area (Å²) in [4.78, 5) is 2.41. The second-order valence-corrected chi connectivity index (χ2v) is 13.2. The first-order chi connectivity index (χ1) is 21.0. The summed E-state index contributed by atoms with van der Waals surface area (Å²) >= 11 is 0. The Hall–Kier alpha value is -4.82. The Morgan fingerprint density at radius 3 is 1.95 bits per heavy atom. The van der Waals surface area contributed by atoms with Gasteiger partial charge < -0.3 is 9.64 Å². The summed E-state index contributed by atoms with van der Waals surface area (Å²) in [6, 6.07) is 40.9. The number of rotatable bonds is 1. The van der Waals surface area contributed by atoms with Gasteiger partial charge in [0, 0.05) is 5.69 Å². The number of anilines is 2. The summed E-state index contributed by atoms with van der Waals surface area (Å²) < 4.78 is 6.41. The number of para-hydroxylation sites is 2. The van der Waals surface area contributed by atoms with Crippen LogP contribution >= 0.6 is 0 Å². The van der Waals surface area contributed by atoms with E-state index < -0.39 is 0 Å². The van der Waals surface area contributed by atoms with Crippen LogP contribution in [-0.2, 0) is 10.8 Å². The lowest BCUT2D eigenvalue weighted by Crippen LogP contribution is -2.28. The van der Waals surface area contributed by atoms with E-state index in [2.05, 4.69) is 147 Å². The smallest absolute Gasteiger partial charge is 0.151 e. The van der Waals surface area contributed by atoms with Crippen molar-refractivity contribution in [2.24, 2.45) is 0 Å². The lowest BCUT2D eigenvalue weighted by molar-refractivity contribution is 0.417. The van der Waals surface area contributed by atoms with Crippen LogP contribution in [0.1, 0.15) is 61.4 Å². The van der Waals surface area contributed by atoms with Gasteiger partial charge in [0.2, 0.25) is 0 Å². The number of hydrogen-bond donors (Lipinski definition) is 0. The van der Waals surface area contributed by atoms with Gasteiger partial charge in [0.1, 0.15) is 5.76 Å². The standard InChI is InChI=1S/C41H33NO/c1-40(2,3)26-20-22-30-31-23-21-27(42-36-16-8-10-18-38(36)43-39-19-11-9-17-37(39)42)25-35(31)41(34(30)24-26)32-14-6-4-12-28(32)29-13-5-7-15-33(29)41/h4-8,10,12-25H,9,11H2,1-3H3. The molecule has 0 saturated heterocycles. The van der Waals surface area contributed by atoms with Crippen molar-refractivity contribution in [3.8, 4) is 28.0 Å². The molecule has 5 aromatic carbocycles. The molecule has 0 atom stereocenters. The fourth-order valence-corrected chi connectivity index (χ4v) is 7.92. The minimum atomic E-state index is -0.388. The molecule has 0 unspecified atom stereocenters. The van der Waals surface area contributed by atoms with E-state index in [4.69, 9.17) is 4.74 Å². The van der Waals surface area contributed by atoms with Crippen molar-refractivity contribution in [3.63, 3.8) is 0 Å². The van der Waals surface area contributed by atoms with Gasteiger partial charge in [0.15, 0.2) is 5.75 Å². The zero-order valence-electron chi connectivity index (χ0n) is 24.8. The van der Waals surface area contributed by atoms with Gasteiger partial charge in [-0.1, -0.05) is 112 Å². The van der Waals surface area contributed by atoms with Gasteiger partial charge in [0.05, 0.1) is 16.8 Å². The first kappa shape index (κ1) is 24.7. The highest BCUT2D eigenvalue weighted by atomic mass is 16.5. The second kappa shape index (κ2) is 8.61. The number of fused-ring (bicyclic) bond motifs is 12. The van der Waals surface area contributed by atoms with Gasteiger partial charge in [-0.3, -0.25) is 0 Å². The third-order valence-corrected chi connectivity index (χ3v) is 9.85. The molecule has 0 amide bonds. The average molecular weight is 556 g/mol. The molecular formula is C41H33NO. The Bertz CT molecular complexity index is 2010. The van der Waals surface area contributed by atoms with E-state index in [0.717, 1.165) is 35.7 Å². The Morgan fingerprint density at radius 2 is 1.21 bits per heavy atom. The number of benzene rings is 5. The van der Waals surface area contributed by atoms with E-state index in [1.165, 1.54) is 55.8 Å². The van der Waals surface area contributed by atoms with E-state index in [-0.39, 0.29) is 10.8 Å². The predicted octanol–water partition coefficient (Wildman–Crippen LogP) is 10.4. The minimum Gasteiger partial charge on any atom is -0.453 e. The molecule has 2 nitrogen and oxygen atoms in total. The molecule has 0 N–H and O–H groups in total. The molecule has 43 heavy (non-hydrogen) atoms. The molecule has 0 aromatic heterocycles. The van der Waals surface area contributed by atoms with E-state index in [1.807, 2.05) is 0 Å². The van der Waals surface area contributed by atoms with Crippen molar-refractivity contribution in [2.75, 3.05) is 4.90 Å². The highest BCUT2D eigenvalue weighted by Gasteiger charge is 2.52. The molecule has 1 heterocycles. The monoisotopic (exact) mass is 555 g/mol. The lowest BCUT2D eigenvalue weighted by Gasteiger charge is -2.37. The summed E-state index contributed by atoms with van der Waals surface area (Å²) in [5, 5.41) is 0. The maximum Gasteiger partial charge on any atom is 0.151 e. The molecule has 1 spiro atoms. The Kier molecular flexibility index (Phi) is 4.96. The van der Waals surface area contributed by atoms with Crippen molar-refractivity contribution >= 4 is 11.4 Å². The molecule has 3 aliphatic carbocycles. The Labute approximate surface area is 253 Å². The van der Waals surface area contributed by atoms with Crippen LogP contribution in [0.5, 0.6) is 5.75 Å². The maximum absolute atomic E-state index is 6.41. The van der Waals surface area contributed by atoms with Crippen LogP contribution in [0, 0.1) is 0 Å². The lowest BCUT2D eigenvalue weighted by atomic mass is 9.69. The number of hydrogen-bond acceptors (Lipinski definition) is 2. The molecule has 0 fully saturated rings. The topological polar surface area (TPSA) is 12.5 Å². The van der Waals surface area contributed by atoms with Crippen molar-refractivity contribution in [1.82, 2.24) is 0 Å². The van der Waals surface area contributed by atoms with E-state index in [9.17, 15) is 0 Å². The third kappa shape index (κ3) is 3.24. The maximum atomic E-state index is 6.41. The first-order valence-corrected chi connectivity index (χ1v) is 15.4. The number of ether oxygens (including phenoxy) is 1. The average Bonchev–Trinajstić information content (AvgIpc) is 3.50. The van der Waals surface area contributed by atoms with Crippen molar-refractivity contribution < 1.29 is 4.74 Å². The van der Waals surface area contributed by atoms with E-state index >= 15 is 0 Å². The van der Waals surface area contributed by atoms with Gasteiger partial charge in [0.25, 0.3) is 0 Å². The van der Waals surface area contributed by atoms with Crippen LogP contribution in [0.4, 0.5) is 11.4 Å². The van der Waals surface area contributed by atoms with Crippen molar-refractivity contribution in [3.05, 3.63) is 161 Å². The summed E-state index contributed by atoms with van der Waals surface area (Å²) in [5.74, 6) is 1.85. The van der Waals surface area contributed by atoms with Crippen LogP contribution in [-0.4, -0.2) is 0 Å². The normalized spacial score (nSPS) is 16.7. The molecule has 0 bridgehead atoms. The molecule has 1 aliphatic heterocycles. The molecule has 4 aliphatic rings. The van der Waals surface area contributed by atoms with Crippen LogP contribution < -0.4 is 9.64 Å². The highest BCUT2D eigenvalue weighted by Crippen LogP contribution is 2.63. The van der Waals surface area contributed by atoms with Crippen LogP contribution in [0.3, 0.4) is 0 Å². The quantitative estimate of drug-likeness (QED) is 0.200. The highest BCUT2D eigenvalue weighted by molar-refractivity contribution is 5.96. The third-order valence-electron chi connectivity index (χ3n) is 9.85. The molecular weight excluding hydrogens is 522 g/mol. The second-order valence-electron chi connectivity index (χ2n) is 13.2. The van der Waals surface area contributed by atoms with E-state index in [0.29, 0.717) is 0 Å². The van der Waals surface area contributed by atoms with Crippen molar-refractivity contribution in [1.29, 1.82) is 0 Å². The van der Waals surface area contributed by atoms with Gasteiger partial charge >= 0.3 is 0 Å². The van der Waals surface area contributed by atoms with E-state index in [1.54, 1.807) is 0 Å². The van der Waals surface area contributed by atoms with Gasteiger partial charge in [-0.25, -0.2) is 0 Å². The van der Waals surface area contributed by atoms with Gasteiger partial charge in [-0.15, -0.1) is 0 Å². The predicted molar refractivity (Wildman–Crippen MR) is 176 cm³/mol. The zero-order valence-corrected chi connectivity index (χ0v) is 24.8. The summed E-state index contributed by atoms with van der Waals surface area (Å²) in [5.41, 5.74) is 15.2. The van der Waals surface area contributed by atoms with Crippen LogP contribution in [0.2, 0.25) is 0 Å². The largest absolute Gasteiger partial charge is 0.453 e. The number of nitrogens with zero attached hydrogens (tertiary/aromatic N) is 1. The molecule has 2 heteroatoms. The van der Waals surface area contributed by atoms with Gasteiger partial charge in [-0.2, -0.15) is 0 Å². The molecule has 9 rings (SSSR count). The molecule has 0 saturated carbocycles. The zero-order chi connectivity index (χ0) is 28.9. The number of allylic oxidation sites excluding steroid dienone is 2. The first-order valence-electron chi connectivity index (χ1n) is 15.4. The molecule has 0 radical (unpaired) electrons. The Balaban J connectivity index is 1.37. The summed E-state index contributed by atoms with van der Waals surface area (Å²) in [6.45, 7) is 6.95. The minimum absolute atomic E-state index is 0.0432. The fourth-order valence-electron chi connectivity index (χ4n) is 7.92. The fraction of sp³-hybridized carbons (Fsp3) is 0.171. The Morgan fingerprint density at radius 1 is 0.605 bits per heavy atom. The SMILES string of the molecule is CC(C)(C)c1ccc2c(c1)C1(c3ccccc3-c3ccccc31)c1cc(N3C4=CCCC=C4Oc4ccccc43)ccc1-2. The molecule has 208 valence electrons.